The quantitative estimate of drug-likeness (QED) is 0.778. The molecule has 0 spiro atoms. The topological polar surface area (TPSA) is 29.3 Å². The van der Waals surface area contributed by atoms with Gasteiger partial charge in [0.15, 0.2) is 0 Å². The van der Waals surface area contributed by atoms with Gasteiger partial charge in [0.2, 0.25) is 0 Å². The van der Waals surface area contributed by atoms with Gasteiger partial charge in [0.05, 0.1) is 0 Å². The highest BCUT2D eigenvalue weighted by Gasteiger charge is 2.26. The molecule has 2 rings (SSSR count). The van der Waals surface area contributed by atoms with Crippen LogP contribution >= 0.6 is 0 Å². The van der Waals surface area contributed by atoms with Crippen molar-refractivity contribution in [2.75, 3.05) is 13.1 Å². The van der Waals surface area contributed by atoms with E-state index in [1.165, 1.54) is 24.9 Å². The zero-order chi connectivity index (χ0) is 13.7. The summed E-state index contributed by atoms with van der Waals surface area (Å²) in [5, 5.41) is 0. The van der Waals surface area contributed by atoms with E-state index in [0.29, 0.717) is 12.1 Å². The van der Waals surface area contributed by atoms with E-state index in [2.05, 4.69) is 49.1 Å². The Morgan fingerprint density at radius 2 is 1.89 bits per heavy atom. The highest BCUT2D eigenvalue weighted by Crippen LogP contribution is 2.30. The lowest BCUT2D eigenvalue weighted by atomic mass is 10.0. The third kappa shape index (κ3) is 5.33. The molecule has 1 fully saturated rings. The lowest BCUT2D eigenvalue weighted by Crippen LogP contribution is -2.42. The standard InChI is InChI=1S/C17H28N2/c1-14(2)19(12-16-8-9-16)13-17(18)11-10-15-6-4-3-5-7-15/h3-7,14,16-17H,8-13,18H2,1-2H3. The van der Waals surface area contributed by atoms with Crippen molar-refractivity contribution in [2.24, 2.45) is 11.7 Å². The van der Waals surface area contributed by atoms with E-state index in [-0.39, 0.29) is 0 Å². The summed E-state index contributed by atoms with van der Waals surface area (Å²) in [4.78, 5) is 2.56. The van der Waals surface area contributed by atoms with Crippen LogP contribution in [0.3, 0.4) is 0 Å². The van der Waals surface area contributed by atoms with E-state index in [9.17, 15) is 0 Å². The van der Waals surface area contributed by atoms with Crippen LogP contribution in [0.1, 0.15) is 38.7 Å². The molecule has 2 heteroatoms. The monoisotopic (exact) mass is 260 g/mol. The van der Waals surface area contributed by atoms with Crippen molar-refractivity contribution in [2.45, 2.75) is 51.6 Å². The predicted molar refractivity (Wildman–Crippen MR) is 82.2 cm³/mol. The van der Waals surface area contributed by atoms with Crippen LogP contribution in [-0.2, 0) is 6.42 Å². The van der Waals surface area contributed by atoms with Crippen molar-refractivity contribution in [3.05, 3.63) is 35.9 Å². The van der Waals surface area contributed by atoms with Crippen LogP contribution in [0.5, 0.6) is 0 Å². The second kappa shape index (κ2) is 7.06. The maximum absolute atomic E-state index is 6.31. The number of benzene rings is 1. The van der Waals surface area contributed by atoms with Gasteiger partial charge >= 0.3 is 0 Å². The van der Waals surface area contributed by atoms with Gasteiger partial charge < -0.3 is 5.73 Å². The molecule has 2 N–H and O–H groups in total. The highest BCUT2D eigenvalue weighted by molar-refractivity contribution is 5.14. The van der Waals surface area contributed by atoms with Crippen LogP contribution in [0, 0.1) is 5.92 Å². The summed E-state index contributed by atoms with van der Waals surface area (Å²) in [6.45, 7) is 6.86. The molecule has 1 atom stereocenters. The third-order valence-corrected chi connectivity index (χ3v) is 4.04. The molecule has 1 unspecified atom stereocenters. The lowest BCUT2D eigenvalue weighted by molar-refractivity contribution is 0.197. The first-order chi connectivity index (χ1) is 9.15. The Morgan fingerprint density at radius 1 is 1.21 bits per heavy atom. The van der Waals surface area contributed by atoms with Gasteiger partial charge in [0.1, 0.15) is 0 Å². The Morgan fingerprint density at radius 3 is 2.47 bits per heavy atom. The highest BCUT2D eigenvalue weighted by atomic mass is 15.2. The normalized spacial score (nSPS) is 17.1. The Bertz CT molecular complexity index is 357. The Kier molecular flexibility index (Phi) is 5.41. The molecule has 1 aliphatic rings. The number of rotatable bonds is 8. The number of aryl methyl sites for hydroxylation is 1. The molecule has 0 heterocycles. The number of hydrogen-bond donors (Lipinski definition) is 1. The number of hydrogen-bond acceptors (Lipinski definition) is 2. The Balaban J connectivity index is 1.73. The molecule has 0 bridgehead atoms. The van der Waals surface area contributed by atoms with Crippen LogP contribution in [0.15, 0.2) is 30.3 Å². The van der Waals surface area contributed by atoms with E-state index >= 15 is 0 Å². The van der Waals surface area contributed by atoms with Gasteiger partial charge in [0, 0.05) is 25.2 Å². The molecular weight excluding hydrogens is 232 g/mol. The molecule has 1 aromatic carbocycles. The number of nitrogens with two attached hydrogens (primary N) is 1. The second-order valence-electron chi connectivity index (χ2n) is 6.28. The summed E-state index contributed by atoms with van der Waals surface area (Å²) in [6, 6.07) is 11.6. The molecule has 19 heavy (non-hydrogen) atoms. The van der Waals surface area contributed by atoms with Gasteiger partial charge in [-0.05, 0) is 51.0 Å². The van der Waals surface area contributed by atoms with E-state index in [1.807, 2.05) is 0 Å². The fourth-order valence-corrected chi connectivity index (χ4v) is 2.52. The van der Waals surface area contributed by atoms with Gasteiger partial charge in [-0.3, -0.25) is 4.90 Å². The smallest absolute Gasteiger partial charge is 0.0171 e. The molecule has 0 aliphatic heterocycles. The molecule has 106 valence electrons. The maximum Gasteiger partial charge on any atom is 0.0171 e. The van der Waals surface area contributed by atoms with Crippen molar-refractivity contribution in [1.29, 1.82) is 0 Å². The van der Waals surface area contributed by atoms with Crippen molar-refractivity contribution >= 4 is 0 Å². The first kappa shape index (κ1) is 14.5. The van der Waals surface area contributed by atoms with Crippen molar-refractivity contribution in [1.82, 2.24) is 4.90 Å². The van der Waals surface area contributed by atoms with Crippen LogP contribution in [0.2, 0.25) is 0 Å². The first-order valence-electron chi connectivity index (χ1n) is 7.68. The largest absolute Gasteiger partial charge is 0.327 e. The van der Waals surface area contributed by atoms with Gasteiger partial charge in [-0.1, -0.05) is 30.3 Å². The van der Waals surface area contributed by atoms with Crippen molar-refractivity contribution in [3.8, 4) is 0 Å². The van der Waals surface area contributed by atoms with Crippen LogP contribution in [0.4, 0.5) is 0 Å². The molecule has 0 aromatic heterocycles. The zero-order valence-corrected chi connectivity index (χ0v) is 12.4. The molecular formula is C17H28N2. The SMILES string of the molecule is CC(C)N(CC(N)CCc1ccccc1)CC1CC1. The average Bonchev–Trinajstić information content (AvgIpc) is 3.21. The molecule has 1 aliphatic carbocycles. The minimum atomic E-state index is 0.293. The summed E-state index contributed by atoms with van der Waals surface area (Å²) >= 11 is 0. The minimum absolute atomic E-state index is 0.293. The fourth-order valence-electron chi connectivity index (χ4n) is 2.52. The summed E-state index contributed by atoms with van der Waals surface area (Å²) in [6.07, 6.45) is 5.01. The summed E-state index contributed by atoms with van der Waals surface area (Å²) in [5.41, 5.74) is 7.71. The summed E-state index contributed by atoms with van der Waals surface area (Å²) < 4.78 is 0. The van der Waals surface area contributed by atoms with Gasteiger partial charge in [-0.25, -0.2) is 0 Å². The van der Waals surface area contributed by atoms with Crippen LogP contribution < -0.4 is 5.73 Å². The third-order valence-electron chi connectivity index (χ3n) is 4.04. The van der Waals surface area contributed by atoms with Gasteiger partial charge in [-0.15, -0.1) is 0 Å². The molecule has 0 amide bonds. The molecule has 1 saturated carbocycles. The van der Waals surface area contributed by atoms with Crippen LogP contribution in [-0.4, -0.2) is 30.1 Å². The fraction of sp³-hybridized carbons (Fsp3) is 0.647. The van der Waals surface area contributed by atoms with Crippen LogP contribution in [0.25, 0.3) is 0 Å². The minimum Gasteiger partial charge on any atom is -0.327 e. The van der Waals surface area contributed by atoms with E-state index in [4.69, 9.17) is 5.73 Å². The molecule has 1 aromatic rings. The van der Waals surface area contributed by atoms with Gasteiger partial charge in [0.25, 0.3) is 0 Å². The maximum atomic E-state index is 6.31. The molecule has 2 nitrogen and oxygen atoms in total. The lowest BCUT2D eigenvalue weighted by Gasteiger charge is -2.29. The summed E-state index contributed by atoms with van der Waals surface area (Å²) in [7, 11) is 0. The van der Waals surface area contributed by atoms with E-state index in [1.54, 1.807) is 0 Å². The van der Waals surface area contributed by atoms with Gasteiger partial charge in [-0.2, -0.15) is 0 Å². The average molecular weight is 260 g/mol. The predicted octanol–water partition coefficient (Wildman–Crippen LogP) is 3.07. The van der Waals surface area contributed by atoms with Crippen molar-refractivity contribution in [3.63, 3.8) is 0 Å². The van der Waals surface area contributed by atoms with Crippen molar-refractivity contribution < 1.29 is 0 Å². The first-order valence-corrected chi connectivity index (χ1v) is 7.68. The summed E-state index contributed by atoms with van der Waals surface area (Å²) in [5.74, 6) is 0.948. The number of nitrogens with zero attached hydrogens (tertiary/aromatic N) is 1. The molecule has 0 saturated heterocycles. The Labute approximate surface area is 118 Å². The Hall–Kier alpha value is -0.860. The van der Waals surface area contributed by atoms with E-state index < -0.39 is 0 Å². The molecule has 0 radical (unpaired) electrons. The zero-order valence-electron chi connectivity index (χ0n) is 12.4. The second-order valence-corrected chi connectivity index (χ2v) is 6.28. The van der Waals surface area contributed by atoms with E-state index in [0.717, 1.165) is 25.3 Å².